The molecule has 3 nitrogen and oxygen atoms in total. The summed E-state index contributed by atoms with van der Waals surface area (Å²) in [6, 6.07) is 9.96. The van der Waals surface area contributed by atoms with Gasteiger partial charge in [0.05, 0.1) is 12.5 Å². The van der Waals surface area contributed by atoms with Crippen molar-refractivity contribution in [3.63, 3.8) is 0 Å². The van der Waals surface area contributed by atoms with Crippen LogP contribution in [-0.2, 0) is 11.2 Å². The Bertz CT molecular complexity index is 702. The zero-order valence-electron chi connectivity index (χ0n) is 10.5. The van der Waals surface area contributed by atoms with Crippen LogP contribution in [-0.4, -0.2) is 5.91 Å². The number of carbonyl (C=O) groups is 1. The molecule has 5 heteroatoms. The van der Waals surface area contributed by atoms with Crippen LogP contribution < -0.4 is 11.1 Å². The maximum atomic E-state index is 13.1. The van der Waals surface area contributed by atoms with Gasteiger partial charge in [-0.3, -0.25) is 4.79 Å². The van der Waals surface area contributed by atoms with Gasteiger partial charge in [0.1, 0.15) is 5.82 Å². The van der Waals surface area contributed by atoms with Crippen LogP contribution in [0, 0.1) is 9.39 Å². The Morgan fingerprint density at radius 1 is 1.25 bits per heavy atom. The molecule has 0 bridgehead atoms. The molecular weight excluding hydrogens is 370 g/mol. The molecule has 1 atom stereocenters. The molecule has 3 N–H and O–H groups in total. The van der Waals surface area contributed by atoms with Gasteiger partial charge >= 0.3 is 0 Å². The number of hydrogen-bond donors (Lipinski definition) is 2. The summed E-state index contributed by atoms with van der Waals surface area (Å²) in [7, 11) is 0. The largest absolute Gasteiger partial charge is 0.326 e. The number of amides is 1. The van der Waals surface area contributed by atoms with E-state index in [1.165, 1.54) is 12.1 Å². The molecule has 0 spiro atoms. The van der Waals surface area contributed by atoms with Gasteiger partial charge in [0, 0.05) is 9.26 Å². The third-order valence-corrected chi connectivity index (χ3v) is 4.35. The quantitative estimate of drug-likeness (QED) is 0.785. The Balaban J connectivity index is 1.97. The van der Waals surface area contributed by atoms with Crippen molar-refractivity contribution < 1.29 is 9.18 Å². The molecule has 0 radical (unpaired) electrons. The predicted molar refractivity (Wildman–Crippen MR) is 83.9 cm³/mol. The lowest BCUT2D eigenvalue weighted by Crippen LogP contribution is -2.13. The van der Waals surface area contributed by atoms with Gasteiger partial charge in [0.2, 0.25) is 5.91 Å². The maximum absolute atomic E-state index is 13.1. The lowest BCUT2D eigenvalue weighted by Gasteiger charge is -2.15. The third-order valence-electron chi connectivity index (χ3n) is 3.41. The Hall–Kier alpha value is -1.47. The summed E-state index contributed by atoms with van der Waals surface area (Å²) in [5, 5.41) is 2.79. The molecule has 0 saturated carbocycles. The van der Waals surface area contributed by atoms with Gasteiger partial charge in [0.15, 0.2) is 0 Å². The number of anilines is 1. The smallest absolute Gasteiger partial charge is 0.228 e. The molecule has 0 saturated heterocycles. The average Bonchev–Trinajstić information content (AvgIpc) is 2.77. The minimum Gasteiger partial charge on any atom is -0.326 e. The van der Waals surface area contributed by atoms with E-state index in [2.05, 4.69) is 27.9 Å². The van der Waals surface area contributed by atoms with Crippen molar-refractivity contribution in [2.24, 2.45) is 5.73 Å². The van der Waals surface area contributed by atoms with Gasteiger partial charge in [-0.15, -0.1) is 0 Å². The Labute approximate surface area is 129 Å². The van der Waals surface area contributed by atoms with Crippen LogP contribution >= 0.6 is 22.6 Å². The van der Waals surface area contributed by atoms with Gasteiger partial charge < -0.3 is 11.1 Å². The zero-order valence-corrected chi connectivity index (χ0v) is 12.6. The first-order valence-electron chi connectivity index (χ1n) is 6.18. The fourth-order valence-corrected chi connectivity index (χ4v) is 3.19. The number of hydrogen-bond acceptors (Lipinski definition) is 2. The first-order chi connectivity index (χ1) is 9.54. The fraction of sp³-hybridized carbons (Fsp3) is 0.133. The highest BCUT2D eigenvalue weighted by Crippen LogP contribution is 2.30. The normalized spacial score (nSPS) is 14.8. The van der Waals surface area contributed by atoms with Gasteiger partial charge in [-0.1, -0.05) is 18.2 Å². The predicted octanol–water partition coefficient (Wildman–Crippen LogP) is 2.97. The Morgan fingerprint density at radius 3 is 2.80 bits per heavy atom. The molecule has 1 aliphatic heterocycles. The average molecular weight is 382 g/mol. The van der Waals surface area contributed by atoms with E-state index in [9.17, 15) is 9.18 Å². The summed E-state index contributed by atoms with van der Waals surface area (Å²) in [6.45, 7) is 0. The van der Waals surface area contributed by atoms with Crippen LogP contribution in [0.3, 0.4) is 0 Å². The van der Waals surface area contributed by atoms with E-state index in [4.69, 9.17) is 5.73 Å². The second kappa shape index (κ2) is 5.14. The van der Waals surface area contributed by atoms with E-state index in [1.807, 2.05) is 18.2 Å². The van der Waals surface area contributed by atoms with Gasteiger partial charge in [-0.05, 0) is 57.5 Å². The molecule has 2 aromatic rings. The summed E-state index contributed by atoms with van der Waals surface area (Å²) in [4.78, 5) is 11.4. The Kier molecular flexibility index (Phi) is 3.47. The summed E-state index contributed by atoms with van der Waals surface area (Å²) in [5.41, 5.74) is 9.87. The highest BCUT2D eigenvalue weighted by Gasteiger charge is 2.20. The van der Waals surface area contributed by atoms with Crippen LogP contribution in [0.15, 0.2) is 36.4 Å². The number of benzene rings is 2. The molecule has 2 aromatic carbocycles. The van der Waals surface area contributed by atoms with E-state index in [0.29, 0.717) is 6.42 Å². The van der Waals surface area contributed by atoms with Crippen LogP contribution in [0.25, 0.3) is 0 Å². The lowest BCUT2D eigenvalue weighted by molar-refractivity contribution is -0.115. The van der Waals surface area contributed by atoms with E-state index in [-0.39, 0.29) is 17.8 Å². The van der Waals surface area contributed by atoms with E-state index >= 15 is 0 Å². The number of rotatable bonds is 2. The van der Waals surface area contributed by atoms with Crippen molar-refractivity contribution in [3.8, 4) is 0 Å². The SMILES string of the molecule is NC(c1ccc2c(c1)CC(=O)N2)c1ccc(F)cc1I. The summed E-state index contributed by atoms with van der Waals surface area (Å²) in [6.07, 6.45) is 0.385. The maximum Gasteiger partial charge on any atom is 0.228 e. The molecule has 0 aromatic heterocycles. The van der Waals surface area contributed by atoms with Gasteiger partial charge in [-0.25, -0.2) is 4.39 Å². The minimum absolute atomic E-state index is 0.00193. The molecule has 3 rings (SSSR count). The molecule has 1 unspecified atom stereocenters. The molecular formula is C15H12FIN2O. The van der Waals surface area contributed by atoms with Crippen LogP contribution in [0.1, 0.15) is 22.7 Å². The van der Waals surface area contributed by atoms with E-state index in [1.54, 1.807) is 6.07 Å². The standard InChI is InChI=1S/C15H12FIN2O/c16-10-2-3-11(12(17)7-10)15(18)8-1-4-13-9(5-8)6-14(20)19-13/h1-5,7,15H,6,18H2,(H,19,20). The summed E-state index contributed by atoms with van der Waals surface area (Å²) < 4.78 is 13.9. The van der Waals surface area contributed by atoms with E-state index in [0.717, 1.165) is 25.9 Å². The van der Waals surface area contributed by atoms with Crippen molar-refractivity contribution in [3.05, 3.63) is 62.5 Å². The second-order valence-corrected chi connectivity index (χ2v) is 5.95. The van der Waals surface area contributed by atoms with Gasteiger partial charge in [0.25, 0.3) is 0 Å². The molecule has 20 heavy (non-hydrogen) atoms. The monoisotopic (exact) mass is 382 g/mol. The second-order valence-electron chi connectivity index (χ2n) is 4.79. The Morgan fingerprint density at radius 2 is 2.05 bits per heavy atom. The topological polar surface area (TPSA) is 55.1 Å². The third kappa shape index (κ3) is 2.43. The van der Waals surface area contributed by atoms with Crippen molar-refractivity contribution in [2.75, 3.05) is 5.32 Å². The van der Waals surface area contributed by atoms with Crippen LogP contribution in [0.5, 0.6) is 0 Å². The molecule has 1 amide bonds. The number of carbonyl (C=O) groups excluding carboxylic acids is 1. The lowest BCUT2D eigenvalue weighted by atomic mass is 9.97. The molecule has 102 valence electrons. The first-order valence-corrected chi connectivity index (χ1v) is 7.25. The fourth-order valence-electron chi connectivity index (χ4n) is 2.38. The highest BCUT2D eigenvalue weighted by atomic mass is 127. The molecule has 0 aliphatic carbocycles. The zero-order chi connectivity index (χ0) is 14.3. The van der Waals surface area contributed by atoms with Crippen LogP contribution in [0.4, 0.5) is 10.1 Å². The molecule has 0 fully saturated rings. The van der Waals surface area contributed by atoms with E-state index < -0.39 is 0 Å². The number of nitrogens with two attached hydrogens (primary N) is 1. The number of nitrogens with one attached hydrogen (secondary N) is 1. The first kappa shape index (κ1) is 13.5. The van der Waals surface area contributed by atoms with Crippen molar-refractivity contribution in [1.29, 1.82) is 0 Å². The van der Waals surface area contributed by atoms with Crippen molar-refractivity contribution in [2.45, 2.75) is 12.5 Å². The van der Waals surface area contributed by atoms with Gasteiger partial charge in [-0.2, -0.15) is 0 Å². The van der Waals surface area contributed by atoms with Crippen molar-refractivity contribution in [1.82, 2.24) is 0 Å². The number of halogens is 2. The number of fused-ring (bicyclic) bond motifs is 1. The van der Waals surface area contributed by atoms with Crippen LogP contribution in [0.2, 0.25) is 0 Å². The summed E-state index contributed by atoms with van der Waals surface area (Å²) >= 11 is 2.08. The molecule has 1 heterocycles. The minimum atomic E-state index is -0.330. The van der Waals surface area contributed by atoms with Crippen molar-refractivity contribution >= 4 is 34.2 Å². The molecule has 1 aliphatic rings. The highest BCUT2D eigenvalue weighted by molar-refractivity contribution is 14.1. The summed E-state index contributed by atoms with van der Waals surface area (Å²) in [5.74, 6) is -0.267.